The van der Waals surface area contributed by atoms with E-state index in [2.05, 4.69) is 10.3 Å². The van der Waals surface area contributed by atoms with Gasteiger partial charge in [0.15, 0.2) is 5.16 Å². The Kier molecular flexibility index (Phi) is 6.99. The molecule has 1 heterocycles. The van der Waals surface area contributed by atoms with Crippen molar-refractivity contribution < 1.29 is 18.0 Å². The van der Waals surface area contributed by atoms with Gasteiger partial charge in [-0.3, -0.25) is 14.2 Å². The number of carbonyl (C=O) groups excluding carboxylic acids is 1. The smallest absolute Gasteiger partial charge is 0.325 e. The molecule has 1 aromatic heterocycles. The highest BCUT2D eigenvalue weighted by Gasteiger charge is 2.33. The zero-order chi connectivity index (χ0) is 23.6. The first-order valence-electron chi connectivity index (χ1n) is 10.5. The summed E-state index contributed by atoms with van der Waals surface area (Å²) in [6, 6.07) is 9.65. The Bertz CT molecular complexity index is 1240. The maximum atomic E-state index is 13.3. The van der Waals surface area contributed by atoms with Crippen LogP contribution >= 0.6 is 23.4 Å². The minimum atomic E-state index is -4.59. The van der Waals surface area contributed by atoms with Crippen LogP contribution in [-0.2, 0) is 11.0 Å². The lowest BCUT2D eigenvalue weighted by Gasteiger charge is -2.26. The fourth-order valence-corrected chi connectivity index (χ4v) is 5.10. The molecular weight excluding hydrogens is 475 g/mol. The van der Waals surface area contributed by atoms with E-state index in [4.69, 9.17) is 11.6 Å². The number of rotatable bonds is 5. The van der Waals surface area contributed by atoms with Gasteiger partial charge in [-0.2, -0.15) is 13.2 Å². The third-order valence-corrected chi connectivity index (χ3v) is 6.80. The van der Waals surface area contributed by atoms with E-state index >= 15 is 0 Å². The zero-order valence-corrected chi connectivity index (χ0v) is 19.1. The molecule has 0 aliphatic heterocycles. The van der Waals surface area contributed by atoms with Crippen molar-refractivity contribution in [2.45, 2.75) is 49.5 Å². The number of thioether (sulfide) groups is 1. The Labute approximate surface area is 197 Å². The summed E-state index contributed by atoms with van der Waals surface area (Å²) in [4.78, 5) is 30.4. The lowest BCUT2D eigenvalue weighted by molar-refractivity contribution is -0.137. The van der Waals surface area contributed by atoms with Crippen LogP contribution in [0, 0.1) is 0 Å². The van der Waals surface area contributed by atoms with E-state index in [1.807, 2.05) is 0 Å². The Hall–Kier alpha value is -2.52. The normalized spacial score (nSPS) is 15.0. The monoisotopic (exact) mass is 495 g/mol. The number of carbonyl (C=O) groups is 1. The first-order chi connectivity index (χ1) is 15.7. The number of hydrogen-bond donors (Lipinski definition) is 1. The molecule has 1 amide bonds. The average Bonchev–Trinajstić information content (AvgIpc) is 2.78. The van der Waals surface area contributed by atoms with Crippen LogP contribution < -0.4 is 10.9 Å². The first kappa shape index (κ1) is 23.6. The maximum Gasteiger partial charge on any atom is 0.418 e. The summed E-state index contributed by atoms with van der Waals surface area (Å²) in [5.41, 5.74) is -1.00. The fourth-order valence-electron chi connectivity index (χ4n) is 4.07. The van der Waals surface area contributed by atoms with Crippen molar-refractivity contribution in [2.24, 2.45) is 0 Å². The van der Waals surface area contributed by atoms with Crippen molar-refractivity contribution in [2.75, 3.05) is 11.1 Å². The molecule has 5 nitrogen and oxygen atoms in total. The van der Waals surface area contributed by atoms with Crippen LogP contribution in [0.2, 0.25) is 5.02 Å². The number of aromatic nitrogens is 2. The van der Waals surface area contributed by atoms with Crippen LogP contribution in [0.3, 0.4) is 0 Å². The van der Waals surface area contributed by atoms with Gasteiger partial charge < -0.3 is 5.32 Å². The van der Waals surface area contributed by atoms with Gasteiger partial charge in [-0.05, 0) is 43.2 Å². The van der Waals surface area contributed by atoms with Crippen molar-refractivity contribution in [1.82, 2.24) is 9.55 Å². The number of halogens is 4. The van der Waals surface area contributed by atoms with Gasteiger partial charge in [0.1, 0.15) is 0 Å². The van der Waals surface area contributed by atoms with E-state index in [9.17, 15) is 22.8 Å². The number of nitrogens with zero attached hydrogens (tertiary/aromatic N) is 2. The molecule has 2 aromatic carbocycles. The number of fused-ring (bicyclic) bond motifs is 1. The predicted molar refractivity (Wildman–Crippen MR) is 124 cm³/mol. The van der Waals surface area contributed by atoms with Crippen molar-refractivity contribution in [3.8, 4) is 0 Å². The molecule has 0 spiro atoms. The van der Waals surface area contributed by atoms with Crippen LogP contribution in [0.25, 0.3) is 10.9 Å². The molecule has 1 N–H and O–H groups in total. The van der Waals surface area contributed by atoms with Crippen molar-refractivity contribution >= 4 is 45.9 Å². The van der Waals surface area contributed by atoms with Gasteiger partial charge in [0.05, 0.1) is 27.9 Å². The maximum absolute atomic E-state index is 13.3. The molecule has 1 fully saturated rings. The second kappa shape index (κ2) is 9.77. The molecule has 1 aliphatic carbocycles. The Morgan fingerprint density at radius 2 is 1.88 bits per heavy atom. The minimum absolute atomic E-state index is 0.0321. The van der Waals surface area contributed by atoms with E-state index in [0.29, 0.717) is 21.1 Å². The summed E-state index contributed by atoms with van der Waals surface area (Å²) in [5, 5.41) is 3.57. The third kappa shape index (κ3) is 5.35. The molecule has 0 radical (unpaired) electrons. The number of nitrogens with one attached hydrogen (secondary N) is 1. The van der Waals surface area contributed by atoms with E-state index in [1.54, 1.807) is 22.8 Å². The molecule has 1 saturated carbocycles. The Balaban J connectivity index is 1.62. The molecule has 174 valence electrons. The molecule has 33 heavy (non-hydrogen) atoms. The number of para-hydroxylation sites is 1. The molecule has 1 aliphatic rings. The van der Waals surface area contributed by atoms with Gasteiger partial charge in [0, 0.05) is 11.1 Å². The highest BCUT2D eigenvalue weighted by molar-refractivity contribution is 7.99. The van der Waals surface area contributed by atoms with Crippen LogP contribution in [0.5, 0.6) is 0 Å². The fraction of sp³-hybridized carbons (Fsp3) is 0.348. The standard InChI is InChI=1S/C23H21ClF3N3O2S/c24-14-10-11-16-19(12-14)29-22(30(21(16)32)15-6-2-1-3-7-15)33-13-20(31)28-18-9-5-4-8-17(18)23(25,26)27/h4-5,8-12,15H,1-3,6-7,13H2,(H,28,31). The van der Waals surface area contributed by atoms with Crippen LogP contribution in [0.4, 0.5) is 18.9 Å². The van der Waals surface area contributed by atoms with Crippen molar-refractivity contribution in [3.63, 3.8) is 0 Å². The summed E-state index contributed by atoms with van der Waals surface area (Å²) >= 11 is 7.10. The average molecular weight is 496 g/mol. The van der Waals surface area contributed by atoms with Gasteiger partial charge in [0.2, 0.25) is 5.91 Å². The summed E-state index contributed by atoms with van der Waals surface area (Å²) in [7, 11) is 0. The summed E-state index contributed by atoms with van der Waals surface area (Å²) in [6.45, 7) is 0. The SMILES string of the molecule is O=C(CSc1nc2cc(Cl)ccc2c(=O)n1C1CCCCC1)Nc1ccccc1C(F)(F)F. The molecular formula is C23H21ClF3N3O2S. The van der Waals surface area contributed by atoms with Crippen molar-refractivity contribution in [1.29, 1.82) is 0 Å². The largest absolute Gasteiger partial charge is 0.418 e. The Morgan fingerprint density at radius 3 is 2.61 bits per heavy atom. The lowest BCUT2D eigenvalue weighted by atomic mass is 9.95. The second-order valence-corrected chi connectivity index (χ2v) is 9.28. The highest BCUT2D eigenvalue weighted by atomic mass is 35.5. The van der Waals surface area contributed by atoms with Crippen LogP contribution in [0.15, 0.2) is 52.4 Å². The molecule has 0 atom stereocenters. The minimum Gasteiger partial charge on any atom is -0.325 e. The lowest BCUT2D eigenvalue weighted by Crippen LogP contribution is -2.29. The molecule has 3 aromatic rings. The summed E-state index contributed by atoms with van der Waals surface area (Å²) in [6.07, 6.45) is 0.172. The molecule has 0 bridgehead atoms. The van der Waals surface area contributed by atoms with Crippen molar-refractivity contribution in [3.05, 3.63) is 63.4 Å². The number of hydrogen-bond acceptors (Lipinski definition) is 4. The van der Waals surface area contributed by atoms with E-state index < -0.39 is 17.6 Å². The Morgan fingerprint density at radius 1 is 1.15 bits per heavy atom. The molecule has 4 rings (SSSR count). The number of anilines is 1. The highest BCUT2D eigenvalue weighted by Crippen LogP contribution is 2.35. The quantitative estimate of drug-likeness (QED) is 0.333. The van der Waals surface area contributed by atoms with Gasteiger partial charge in [0.25, 0.3) is 5.56 Å². The molecule has 0 saturated heterocycles. The van der Waals surface area contributed by atoms with E-state index in [1.165, 1.54) is 18.2 Å². The van der Waals surface area contributed by atoms with E-state index in [-0.39, 0.29) is 23.0 Å². The topological polar surface area (TPSA) is 64.0 Å². The number of amides is 1. The molecule has 0 unspecified atom stereocenters. The summed E-state index contributed by atoms with van der Waals surface area (Å²) in [5.74, 6) is -0.815. The van der Waals surface area contributed by atoms with Gasteiger partial charge in [-0.15, -0.1) is 0 Å². The van der Waals surface area contributed by atoms with E-state index in [0.717, 1.165) is 49.9 Å². The van der Waals surface area contributed by atoms with Crippen LogP contribution in [0.1, 0.15) is 43.7 Å². The zero-order valence-electron chi connectivity index (χ0n) is 17.5. The first-order valence-corrected chi connectivity index (χ1v) is 11.9. The third-order valence-electron chi connectivity index (χ3n) is 5.61. The van der Waals surface area contributed by atoms with Gasteiger partial charge in [-0.1, -0.05) is 54.8 Å². The van der Waals surface area contributed by atoms with Gasteiger partial charge in [-0.25, -0.2) is 4.98 Å². The van der Waals surface area contributed by atoms with Gasteiger partial charge >= 0.3 is 6.18 Å². The number of alkyl halides is 3. The molecule has 10 heteroatoms. The number of benzene rings is 2. The second-order valence-electron chi connectivity index (χ2n) is 7.90. The van der Waals surface area contributed by atoms with Crippen LogP contribution in [-0.4, -0.2) is 21.2 Å². The summed E-state index contributed by atoms with van der Waals surface area (Å²) < 4.78 is 41.3. The predicted octanol–water partition coefficient (Wildman–Crippen LogP) is 6.30.